The first-order valence-electron chi connectivity index (χ1n) is 7.25. The van der Waals surface area contributed by atoms with Gasteiger partial charge in [0.15, 0.2) is 0 Å². The van der Waals surface area contributed by atoms with Gasteiger partial charge in [0.25, 0.3) is 0 Å². The highest BCUT2D eigenvalue weighted by molar-refractivity contribution is 7.98. The van der Waals surface area contributed by atoms with E-state index >= 15 is 0 Å². The molecular weight excluding hydrogens is 266 g/mol. The summed E-state index contributed by atoms with van der Waals surface area (Å²) in [7, 11) is 2.17. The van der Waals surface area contributed by atoms with Gasteiger partial charge in [-0.3, -0.25) is 4.98 Å². The molecule has 0 aliphatic rings. The Bertz CT molecular complexity index is 401. The molecule has 0 saturated heterocycles. The maximum Gasteiger partial charge on any atom is 0.0598 e. The summed E-state index contributed by atoms with van der Waals surface area (Å²) in [5.74, 6) is 1.20. The van der Waals surface area contributed by atoms with Crippen molar-refractivity contribution in [2.75, 3.05) is 24.0 Å². The molecule has 0 fully saturated rings. The molecule has 0 aliphatic carbocycles. The number of pyridine rings is 1. The van der Waals surface area contributed by atoms with Crippen LogP contribution in [0.1, 0.15) is 39.7 Å². The fourth-order valence-corrected chi connectivity index (χ4v) is 2.54. The van der Waals surface area contributed by atoms with E-state index in [4.69, 9.17) is 0 Å². The van der Waals surface area contributed by atoms with Crippen LogP contribution in [0.3, 0.4) is 0 Å². The average molecular weight is 295 g/mol. The van der Waals surface area contributed by atoms with Gasteiger partial charge in [-0.15, -0.1) is 0 Å². The molecule has 1 aromatic heterocycles. The van der Waals surface area contributed by atoms with Crippen LogP contribution in [0.2, 0.25) is 0 Å². The van der Waals surface area contributed by atoms with Crippen molar-refractivity contribution in [3.63, 3.8) is 0 Å². The zero-order valence-electron chi connectivity index (χ0n) is 13.7. The van der Waals surface area contributed by atoms with E-state index in [9.17, 15) is 0 Å². The first-order chi connectivity index (χ1) is 9.35. The minimum absolute atomic E-state index is 0.129. The lowest BCUT2D eigenvalue weighted by molar-refractivity contribution is 0.424. The predicted octanol–water partition coefficient (Wildman–Crippen LogP) is 3.55. The Kier molecular flexibility index (Phi) is 6.83. The predicted molar refractivity (Wildman–Crippen MR) is 91.7 cm³/mol. The SMILES string of the molecule is CSCCC(C)N(C)c1cnccc1CNC(C)(C)C. The van der Waals surface area contributed by atoms with E-state index in [0.29, 0.717) is 6.04 Å². The highest BCUT2D eigenvalue weighted by atomic mass is 32.2. The van der Waals surface area contributed by atoms with Crippen molar-refractivity contribution in [1.29, 1.82) is 0 Å². The highest BCUT2D eigenvalue weighted by Gasteiger charge is 2.15. The number of thioether (sulfide) groups is 1. The Morgan fingerprint density at radius 2 is 2.10 bits per heavy atom. The van der Waals surface area contributed by atoms with Crippen molar-refractivity contribution in [3.05, 3.63) is 24.0 Å². The van der Waals surface area contributed by atoms with Gasteiger partial charge >= 0.3 is 0 Å². The number of nitrogens with one attached hydrogen (secondary N) is 1. The molecule has 20 heavy (non-hydrogen) atoms. The minimum Gasteiger partial charge on any atom is -0.370 e. The van der Waals surface area contributed by atoms with Crippen LogP contribution in [0, 0.1) is 0 Å². The van der Waals surface area contributed by atoms with Crippen molar-refractivity contribution >= 4 is 17.4 Å². The molecule has 1 heterocycles. The summed E-state index contributed by atoms with van der Waals surface area (Å²) in [5, 5.41) is 3.56. The van der Waals surface area contributed by atoms with Crippen molar-refractivity contribution in [2.45, 2.75) is 52.2 Å². The lowest BCUT2D eigenvalue weighted by atomic mass is 10.1. The number of hydrogen-bond acceptors (Lipinski definition) is 4. The Morgan fingerprint density at radius 1 is 1.40 bits per heavy atom. The second-order valence-electron chi connectivity index (χ2n) is 6.35. The largest absolute Gasteiger partial charge is 0.370 e. The fraction of sp³-hybridized carbons (Fsp3) is 0.688. The molecule has 1 rings (SSSR count). The third kappa shape index (κ3) is 5.71. The molecule has 3 nitrogen and oxygen atoms in total. The smallest absolute Gasteiger partial charge is 0.0598 e. The highest BCUT2D eigenvalue weighted by Crippen LogP contribution is 2.22. The molecule has 1 N–H and O–H groups in total. The van der Waals surface area contributed by atoms with E-state index < -0.39 is 0 Å². The standard InChI is InChI=1S/C16H29N3S/c1-13(8-10-20-6)19(5)15-12-17-9-7-14(15)11-18-16(2,3)4/h7,9,12-13,18H,8,10-11H2,1-6H3. The molecule has 1 aromatic rings. The van der Waals surface area contributed by atoms with Crippen LogP contribution in [0.5, 0.6) is 0 Å². The zero-order chi connectivity index (χ0) is 15.2. The third-order valence-corrected chi connectivity index (χ3v) is 4.12. The van der Waals surface area contributed by atoms with E-state index in [1.165, 1.54) is 23.4 Å². The van der Waals surface area contributed by atoms with E-state index in [-0.39, 0.29) is 5.54 Å². The van der Waals surface area contributed by atoms with Gasteiger partial charge in [0.1, 0.15) is 0 Å². The van der Waals surface area contributed by atoms with E-state index in [1.807, 2.05) is 24.2 Å². The summed E-state index contributed by atoms with van der Waals surface area (Å²) < 4.78 is 0. The lowest BCUT2D eigenvalue weighted by Crippen LogP contribution is -2.36. The van der Waals surface area contributed by atoms with Crippen molar-refractivity contribution in [3.8, 4) is 0 Å². The number of nitrogens with zero attached hydrogens (tertiary/aromatic N) is 2. The number of rotatable bonds is 7. The molecule has 0 amide bonds. The van der Waals surface area contributed by atoms with Gasteiger partial charge in [-0.2, -0.15) is 11.8 Å². The fourth-order valence-electron chi connectivity index (χ4n) is 1.96. The number of anilines is 1. The molecule has 114 valence electrons. The molecule has 0 aliphatic heterocycles. The molecule has 0 saturated carbocycles. The van der Waals surface area contributed by atoms with E-state index in [1.54, 1.807) is 0 Å². The van der Waals surface area contributed by atoms with Gasteiger partial charge in [-0.1, -0.05) is 0 Å². The van der Waals surface area contributed by atoms with Crippen LogP contribution in [-0.4, -0.2) is 35.6 Å². The number of aromatic nitrogens is 1. The summed E-state index contributed by atoms with van der Waals surface area (Å²) >= 11 is 1.91. The Hall–Kier alpha value is -0.740. The van der Waals surface area contributed by atoms with Gasteiger partial charge in [0, 0.05) is 31.4 Å². The summed E-state index contributed by atoms with van der Waals surface area (Å²) in [4.78, 5) is 6.65. The Morgan fingerprint density at radius 3 is 2.70 bits per heavy atom. The molecule has 0 spiro atoms. The van der Waals surface area contributed by atoms with Gasteiger partial charge in [-0.05, 0) is 57.8 Å². The van der Waals surface area contributed by atoms with Crippen LogP contribution in [0.25, 0.3) is 0 Å². The van der Waals surface area contributed by atoms with E-state index in [2.05, 4.69) is 62.3 Å². The van der Waals surface area contributed by atoms with Crippen molar-refractivity contribution in [2.24, 2.45) is 0 Å². The van der Waals surface area contributed by atoms with Gasteiger partial charge in [-0.25, -0.2) is 0 Å². The maximum atomic E-state index is 4.30. The topological polar surface area (TPSA) is 28.2 Å². The van der Waals surface area contributed by atoms with Gasteiger partial charge in [0.05, 0.1) is 11.9 Å². The second-order valence-corrected chi connectivity index (χ2v) is 7.33. The zero-order valence-corrected chi connectivity index (χ0v) is 14.5. The molecule has 1 atom stereocenters. The molecule has 1 unspecified atom stereocenters. The first-order valence-corrected chi connectivity index (χ1v) is 8.64. The van der Waals surface area contributed by atoms with Crippen LogP contribution in [0.15, 0.2) is 18.5 Å². The van der Waals surface area contributed by atoms with E-state index in [0.717, 1.165) is 6.54 Å². The van der Waals surface area contributed by atoms with Crippen LogP contribution < -0.4 is 10.2 Å². The lowest BCUT2D eigenvalue weighted by Gasteiger charge is -2.29. The average Bonchev–Trinajstić information content (AvgIpc) is 2.41. The summed E-state index contributed by atoms with van der Waals surface area (Å²) in [6.45, 7) is 9.74. The van der Waals surface area contributed by atoms with Crippen LogP contribution in [-0.2, 0) is 6.54 Å². The summed E-state index contributed by atoms with van der Waals surface area (Å²) in [5.41, 5.74) is 2.68. The molecular formula is C16H29N3S. The minimum atomic E-state index is 0.129. The molecule has 0 aromatic carbocycles. The normalized spacial score (nSPS) is 13.3. The second kappa shape index (κ2) is 7.89. The summed E-state index contributed by atoms with van der Waals surface area (Å²) in [6.07, 6.45) is 7.22. The van der Waals surface area contributed by atoms with Crippen LogP contribution >= 0.6 is 11.8 Å². The quantitative estimate of drug-likeness (QED) is 0.832. The van der Waals surface area contributed by atoms with Crippen molar-refractivity contribution < 1.29 is 0 Å². The Labute approximate surface area is 128 Å². The molecule has 4 heteroatoms. The number of hydrogen-bond donors (Lipinski definition) is 1. The third-order valence-electron chi connectivity index (χ3n) is 3.48. The van der Waals surface area contributed by atoms with Gasteiger partial charge < -0.3 is 10.2 Å². The summed E-state index contributed by atoms with van der Waals surface area (Å²) in [6, 6.07) is 2.64. The molecule has 0 bridgehead atoms. The molecule has 0 radical (unpaired) electrons. The maximum absolute atomic E-state index is 4.30. The van der Waals surface area contributed by atoms with Gasteiger partial charge in [0.2, 0.25) is 0 Å². The monoisotopic (exact) mass is 295 g/mol. The Balaban J connectivity index is 2.78. The van der Waals surface area contributed by atoms with Crippen molar-refractivity contribution in [1.82, 2.24) is 10.3 Å². The first kappa shape index (κ1) is 17.3. The van der Waals surface area contributed by atoms with Crippen LogP contribution in [0.4, 0.5) is 5.69 Å².